The number of rotatable bonds is 14. The van der Waals surface area contributed by atoms with Gasteiger partial charge in [-0.2, -0.15) is 0 Å². The van der Waals surface area contributed by atoms with Crippen LogP contribution in [0.5, 0.6) is 0 Å². The van der Waals surface area contributed by atoms with E-state index in [4.69, 9.17) is 14.5 Å². The molecule has 40 heavy (non-hydrogen) atoms. The molecule has 0 aliphatic heterocycles. The molecule has 0 amide bonds. The van der Waals surface area contributed by atoms with Crippen molar-refractivity contribution in [1.82, 2.24) is 20.5 Å². The van der Waals surface area contributed by atoms with Gasteiger partial charge in [0.25, 0.3) is 0 Å². The Balaban J connectivity index is 1.67. The van der Waals surface area contributed by atoms with Gasteiger partial charge in [0, 0.05) is 23.8 Å². The van der Waals surface area contributed by atoms with E-state index in [1.54, 1.807) is 13.8 Å². The first-order valence-corrected chi connectivity index (χ1v) is 15.2. The van der Waals surface area contributed by atoms with Gasteiger partial charge in [0.05, 0.1) is 25.6 Å². The highest BCUT2D eigenvalue weighted by atomic mass is 31.2. The second-order valence-corrected chi connectivity index (χ2v) is 12.1. The van der Waals surface area contributed by atoms with Gasteiger partial charge in [0.15, 0.2) is 0 Å². The smallest absolute Gasteiger partial charge is 0.322 e. The van der Waals surface area contributed by atoms with Crippen molar-refractivity contribution in [2.75, 3.05) is 26.9 Å². The van der Waals surface area contributed by atoms with Gasteiger partial charge in [-0.1, -0.05) is 66.2 Å². The molecule has 0 aliphatic carbocycles. The van der Waals surface area contributed by atoms with Crippen LogP contribution in [-0.4, -0.2) is 55.9 Å². The van der Waals surface area contributed by atoms with E-state index in [9.17, 15) is 14.2 Å². The zero-order valence-corrected chi connectivity index (χ0v) is 24.7. The van der Waals surface area contributed by atoms with E-state index >= 15 is 0 Å². The van der Waals surface area contributed by atoms with Crippen LogP contribution in [0.2, 0.25) is 0 Å². The summed E-state index contributed by atoms with van der Waals surface area (Å²) in [6.07, 6.45) is 0.726. The molecule has 2 aromatic carbocycles. The molecular formula is C30H39N4O5P. The summed E-state index contributed by atoms with van der Waals surface area (Å²) >= 11 is 0. The standard InChI is InChI=1S/C30H39N4O5P/c1-21-12-14-24(15-13-21)27-17-16-26(32-28(27)25-10-7-6-8-11-25)20-31-18-9-19-40(37,33-22(2)29(35)38-4)34-23(3)30(36)39-5/h6-8,10-17,22-23,31H,9,18-20H2,1-5H3,(H2,33,34,37). The molecule has 10 heteroatoms. The Morgan fingerprint density at radius 1 is 0.850 bits per heavy atom. The Morgan fingerprint density at radius 2 is 1.45 bits per heavy atom. The minimum atomic E-state index is -3.33. The summed E-state index contributed by atoms with van der Waals surface area (Å²) in [7, 11) is -0.791. The number of esters is 2. The maximum Gasteiger partial charge on any atom is 0.322 e. The van der Waals surface area contributed by atoms with Crippen molar-refractivity contribution in [3.63, 3.8) is 0 Å². The Morgan fingerprint density at radius 3 is 2.02 bits per heavy atom. The largest absolute Gasteiger partial charge is 0.468 e. The van der Waals surface area contributed by atoms with Crippen molar-refractivity contribution >= 4 is 19.4 Å². The number of ether oxygens (including phenoxy) is 2. The van der Waals surface area contributed by atoms with E-state index in [2.05, 4.69) is 64.9 Å². The number of aromatic nitrogens is 1. The molecule has 0 saturated carbocycles. The molecule has 2 atom stereocenters. The van der Waals surface area contributed by atoms with Gasteiger partial charge < -0.3 is 14.8 Å². The predicted octanol–water partition coefficient (Wildman–Crippen LogP) is 4.70. The molecule has 0 bridgehead atoms. The average Bonchev–Trinajstić information content (AvgIpc) is 2.96. The van der Waals surface area contributed by atoms with E-state index in [-0.39, 0.29) is 6.16 Å². The first kappa shape index (κ1) is 31.2. The summed E-state index contributed by atoms with van der Waals surface area (Å²) < 4.78 is 23.1. The lowest BCUT2D eigenvalue weighted by molar-refractivity contribution is -0.142. The number of carbonyl (C=O) groups excluding carboxylic acids is 2. The summed E-state index contributed by atoms with van der Waals surface area (Å²) in [5, 5.41) is 9.04. The molecular weight excluding hydrogens is 527 g/mol. The molecule has 0 fully saturated rings. The Labute approximate surface area is 236 Å². The number of carbonyl (C=O) groups is 2. The van der Waals surface area contributed by atoms with Crippen LogP contribution in [0.3, 0.4) is 0 Å². The van der Waals surface area contributed by atoms with Gasteiger partial charge in [0.1, 0.15) is 12.1 Å². The monoisotopic (exact) mass is 566 g/mol. The van der Waals surface area contributed by atoms with Crippen LogP contribution >= 0.6 is 7.44 Å². The lowest BCUT2D eigenvalue weighted by Gasteiger charge is -2.26. The fourth-order valence-corrected chi connectivity index (χ4v) is 6.67. The number of aryl methyl sites for hydroxylation is 1. The Kier molecular flexibility index (Phi) is 11.6. The quantitative estimate of drug-likeness (QED) is 0.145. The van der Waals surface area contributed by atoms with E-state index in [1.807, 2.05) is 24.3 Å². The Bertz CT molecular complexity index is 1290. The van der Waals surface area contributed by atoms with Crippen molar-refractivity contribution in [1.29, 1.82) is 0 Å². The van der Waals surface area contributed by atoms with Gasteiger partial charge in [0.2, 0.25) is 7.44 Å². The van der Waals surface area contributed by atoms with Crippen LogP contribution < -0.4 is 15.5 Å². The molecule has 3 rings (SSSR count). The number of nitrogens with zero attached hydrogens (tertiary/aromatic N) is 1. The summed E-state index contributed by atoms with van der Waals surface area (Å²) in [4.78, 5) is 28.8. The molecule has 2 unspecified atom stereocenters. The zero-order valence-electron chi connectivity index (χ0n) is 23.8. The highest BCUT2D eigenvalue weighted by Gasteiger charge is 2.31. The minimum absolute atomic E-state index is 0.206. The molecule has 214 valence electrons. The van der Waals surface area contributed by atoms with Crippen LogP contribution in [0.4, 0.5) is 0 Å². The second-order valence-electron chi connectivity index (χ2n) is 9.67. The maximum absolute atomic E-state index is 13.6. The third-order valence-corrected chi connectivity index (χ3v) is 8.96. The molecule has 1 aromatic heterocycles. The molecule has 3 aromatic rings. The lowest BCUT2D eigenvalue weighted by atomic mass is 9.98. The fourth-order valence-electron chi connectivity index (χ4n) is 4.27. The first-order chi connectivity index (χ1) is 19.2. The highest BCUT2D eigenvalue weighted by Crippen LogP contribution is 2.38. The molecule has 3 N–H and O–H groups in total. The SMILES string of the molecule is COC(=O)C(C)NP(=O)(CCCNCc1ccc(-c2ccc(C)cc2)c(-c2ccccc2)n1)NC(C)C(=O)OC. The predicted molar refractivity (Wildman–Crippen MR) is 158 cm³/mol. The molecule has 0 radical (unpaired) electrons. The van der Waals surface area contributed by atoms with Crippen molar-refractivity contribution < 1.29 is 23.6 Å². The minimum Gasteiger partial charge on any atom is -0.468 e. The second kappa shape index (κ2) is 14.9. The fraction of sp³-hybridized carbons (Fsp3) is 0.367. The van der Waals surface area contributed by atoms with Crippen molar-refractivity contribution in [3.05, 3.63) is 78.0 Å². The lowest BCUT2D eigenvalue weighted by Crippen LogP contribution is -2.42. The maximum atomic E-state index is 13.6. The summed E-state index contributed by atoms with van der Waals surface area (Å²) in [5.74, 6) is -1.08. The molecule has 9 nitrogen and oxygen atoms in total. The van der Waals surface area contributed by atoms with E-state index in [0.29, 0.717) is 19.5 Å². The van der Waals surface area contributed by atoms with Crippen LogP contribution in [-0.2, 0) is 30.2 Å². The van der Waals surface area contributed by atoms with Gasteiger partial charge in [-0.3, -0.25) is 19.1 Å². The molecule has 0 saturated heterocycles. The van der Waals surface area contributed by atoms with E-state index < -0.39 is 31.5 Å². The number of pyridine rings is 1. The number of hydrogen-bond donors (Lipinski definition) is 3. The number of benzene rings is 2. The number of nitrogens with one attached hydrogen (secondary N) is 3. The van der Waals surface area contributed by atoms with Crippen molar-refractivity contribution in [2.45, 2.75) is 45.8 Å². The summed E-state index contributed by atoms with van der Waals surface area (Å²) in [6, 6.07) is 21.0. The molecule has 0 spiro atoms. The van der Waals surface area contributed by atoms with Crippen molar-refractivity contribution in [2.24, 2.45) is 0 Å². The third-order valence-electron chi connectivity index (χ3n) is 6.41. The zero-order chi connectivity index (χ0) is 29.1. The van der Waals surface area contributed by atoms with E-state index in [0.717, 1.165) is 28.1 Å². The van der Waals surface area contributed by atoms with Gasteiger partial charge >= 0.3 is 11.9 Å². The van der Waals surface area contributed by atoms with Gasteiger partial charge in [-0.25, -0.2) is 10.2 Å². The van der Waals surface area contributed by atoms with Crippen LogP contribution in [0.1, 0.15) is 31.5 Å². The number of methoxy groups -OCH3 is 2. The van der Waals surface area contributed by atoms with E-state index in [1.165, 1.54) is 19.8 Å². The first-order valence-electron chi connectivity index (χ1n) is 13.3. The molecule has 1 heterocycles. The van der Waals surface area contributed by atoms with Crippen LogP contribution in [0.15, 0.2) is 66.7 Å². The highest BCUT2D eigenvalue weighted by molar-refractivity contribution is 7.59. The summed E-state index contributed by atoms with van der Waals surface area (Å²) in [5.41, 5.74) is 6.20. The summed E-state index contributed by atoms with van der Waals surface area (Å²) in [6.45, 7) is 6.28. The average molecular weight is 567 g/mol. The molecule has 0 aliphatic rings. The van der Waals surface area contributed by atoms with Gasteiger partial charge in [-0.15, -0.1) is 0 Å². The van der Waals surface area contributed by atoms with Crippen LogP contribution in [0, 0.1) is 6.92 Å². The number of hydrogen-bond acceptors (Lipinski definition) is 7. The van der Waals surface area contributed by atoms with Crippen molar-refractivity contribution in [3.8, 4) is 22.4 Å². The topological polar surface area (TPSA) is 119 Å². The normalized spacial score (nSPS) is 14.1. The third kappa shape index (κ3) is 8.83. The van der Waals surface area contributed by atoms with Crippen LogP contribution in [0.25, 0.3) is 22.4 Å². The van der Waals surface area contributed by atoms with Gasteiger partial charge in [-0.05, 0) is 45.4 Å². The Hall–Kier alpha value is -3.36.